The summed E-state index contributed by atoms with van der Waals surface area (Å²) in [5.74, 6) is -0.691. The first kappa shape index (κ1) is 20.4. The van der Waals surface area contributed by atoms with Crippen molar-refractivity contribution in [3.63, 3.8) is 0 Å². The third-order valence-corrected chi connectivity index (χ3v) is 7.55. The number of hydrogen-bond acceptors (Lipinski definition) is 4. The van der Waals surface area contributed by atoms with Crippen LogP contribution in [0.5, 0.6) is 5.88 Å². The minimum atomic E-state index is -3.63. The number of amides is 2. The van der Waals surface area contributed by atoms with Gasteiger partial charge in [0.2, 0.25) is 12.3 Å². The average molecular weight is 451 g/mol. The Hall–Kier alpha value is -2.53. The van der Waals surface area contributed by atoms with Crippen LogP contribution >= 0.6 is 0 Å². The zero-order valence-corrected chi connectivity index (χ0v) is 17.6. The highest BCUT2D eigenvalue weighted by Crippen LogP contribution is 2.46. The molecule has 0 radical (unpaired) electrons. The van der Waals surface area contributed by atoms with Gasteiger partial charge in [0.15, 0.2) is 9.92 Å². The van der Waals surface area contributed by atoms with Crippen molar-refractivity contribution in [1.29, 1.82) is 0 Å². The Balaban J connectivity index is 1.52. The van der Waals surface area contributed by atoms with Crippen molar-refractivity contribution >= 4 is 21.6 Å². The first-order chi connectivity index (χ1) is 14.8. The molecule has 0 saturated carbocycles. The minimum absolute atomic E-state index is 0.0522. The number of aryl methyl sites for hydroxylation is 3. The highest BCUT2D eigenvalue weighted by molar-refractivity contribution is 7.91. The summed E-state index contributed by atoms with van der Waals surface area (Å²) in [7, 11) is -3.63. The number of ether oxygens (including phenoxy) is 1. The van der Waals surface area contributed by atoms with Gasteiger partial charge in [-0.2, -0.15) is 5.10 Å². The van der Waals surface area contributed by atoms with Crippen LogP contribution < -0.4 is 15.2 Å². The Labute approximate surface area is 178 Å². The lowest BCUT2D eigenvalue weighted by atomic mass is 9.94. The van der Waals surface area contributed by atoms with Crippen molar-refractivity contribution < 1.29 is 22.5 Å². The van der Waals surface area contributed by atoms with Gasteiger partial charge in [-0.1, -0.05) is 6.07 Å². The molecule has 3 aliphatic rings. The van der Waals surface area contributed by atoms with Gasteiger partial charge in [-0.05, 0) is 54.4 Å². The second kappa shape index (κ2) is 7.56. The van der Waals surface area contributed by atoms with Gasteiger partial charge in [-0.15, -0.1) is 4.36 Å². The molecule has 0 fully saturated rings. The largest absolute Gasteiger partial charge is 0.477 e. The van der Waals surface area contributed by atoms with E-state index in [2.05, 4.69) is 14.8 Å². The Morgan fingerprint density at radius 3 is 2.97 bits per heavy atom. The normalized spacial score (nSPS) is 21.1. The number of hydrogen-bond donors (Lipinski definition) is 2. The molecule has 0 unspecified atom stereocenters. The molecule has 31 heavy (non-hydrogen) atoms. The number of benzene rings is 1. The number of aromatic nitrogens is 2. The van der Waals surface area contributed by atoms with Crippen molar-refractivity contribution in [2.75, 3.05) is 11.9 Å². The molecule has 0 bridgehead atoms. The molecular weight excluding hydrogens is 428 g/mol. The van der Waals surface area contributed by atoms with Crippen LogP contribution in [0.15, 0.2) is 21.5 Å². The van der Waals surface area contributed by atoms with E-state index in [4.69, 9.17) is 9.88 Å². The summed E-state index contributed by atoms with van der Waals surface area (Å²) in [5.41, 5.74) is 3.65. The fourth-order valence-electron chi connectivity index (χ4n) is 4.85. The lowest BCUT2D eigenvalue weighted by Gasteiger charge is -2.19. The van der Waals surface area contributed by atoms with Crippen molar-refractivity contribution in [2.45, 2.75) is 62.3 Å². The summed E-state index contributed by atoms with van der Waals surface area (Å²) in [6.07, 6.45) is 2.84. The predicted molar refractivity (Wildman–Crippen MR) is 110 cm³/mol. The number of fused-ring (bicyclic) bond motifs is 3. The molecule has 2 aromatic rings. The molecule has 11 heteroatoms. The van der Waals surface area contributed by atoms with Crippen LogP contribution in [-0.2, 0) is 35.7 Å². The molecule has 2 aliphatic carbocycles. The van der Waals surface area contributed by atoms with Gasteiger partial charge >= 0.3 is 6.03 Å². The maximum Gasteiger partial charge on any atom is 0.354 e. The molecule has 5 rings (SSSR count). The van der Waals surface area contributed by atoms with E-state index in [1.165, 1.54) is 10.9 Å². The Kier molecular flexibility index (Phi) is 4.97. The van der Waals surface area contributed by atoms with Gasteiger partial charge < -0.3 is 10.1 Å². The van der Waals surface area contributed by atoms with Gasteiger partial charge in [0.05, 0.1) is 12.8 Å². The number of urea groups is 1. The fourth-order valence-corrected chi connectivity index (χ4v) is 5.85. The summed E-state index contributed by atoms with van der Waals surface area (Å²) in [6, 6.07) is 1.07. The van der Waals surface area contributed by atoms with Crippen LogP contribution in [0.1, 0.15) is 47.4 Å². The third kappa shape index (κ3) is 3.49. The first-order valence-corrected chi connectivity index (χ1v) is 11.9. The van der Waals surface area contributed by atoms with Crippen LogP contribution in [0.4, 0.5) is 19.3 Å². The van der Waals surface area contributed by atoms with E-state index in [1.807, 2.05) is 6.07 Å². The summed E-state index contributed by atoms with van der Waals surface area (Å²) in [5, 5.41) is 12.7. The predicted octanol–water partition coefficient (Wildman–Crippen LogP) is 3.38. The van der Waals surface area contributed by atoms with E-state index < -0.39 is 28.3 Å². The molecule has 8 nitrogen and oxygen atoms in total. The van der Waals surface area contributed by atoms with Crippen LogP contribution in [0.3, 0.4) is 0 Å². The van der Waals surface area contributed by atoms with Gasteiger partial charge in [0.25, 0.3) is 0 Å². The maximum atomic E-state index is 13.7. The summed E-state index contributed by atoms with van der Waals surface area (Å²) < 4.78 is 51.2. The van der Waals surface area contributed by atoms with Crippen LogP contribution in [0.2, 0.25) is 0 Å². The maximum absolute atomic E-state index is 13.7. The van der Waals surface area contributed by atoms with E-state index in [9.17, 15) is 17.8 Å². The smallest absolute Gasteiger partial charge is 0.354 e. The van der Waals surface area contributed by atoms with E-state index in [-0.39, 0.29) is 10.8 Å². The second-order valence-corrected chi connectivity index (χ2v) is 9.88. The Morgan fingerprint density at radius 1 is 1.32 bits per heavy atom. The van der Waals surface area contributed by atoms with Crippen LogP contribution in [-0.4, -0.2) is 33.1 Å². The average Bonchev–Trinajstić information content (AvgIpc) is 3.44. The standard InChI is InChI=1S/C20H23F2N5O3S/c21-18(22)14-6-5-12-9-11-3-1-4-13(11)17(16(12)14)25-20(28)26-31(23,29)15-10-24-27-7-2-8-30-19(15)27/h9-10,14,18H,1-8H2,(H3,23,25,26,28,29)/t14-,31-/m0/s1. The molecule has 2 heterocycles. The molecule has 2 atom stereocenters. The second-order valence-electron chi connectivity index (χ2n) is 8.12. The molecule has 0 saturated heterocycles. The zero-order valence-electron chi connectivity index (χ0n) is 16.8. The highest BCUT2D eigenvalue weighted by atomic mass is 32.2. The molecule has 0 spiro atoms. The zero-order chi connectivity index (χ0) is 21.8. The number of anilines is 1. The third-order valence-electron chi connectivity index (χ3n) is 6.20. The quantitative estimate of drug-likeness (QED) is 0.745. The number of nitrogens with one attached hydrogen (secondary N) is 1. The van der Waals surface area contributed by atoms with Crippen molar-refractivity contribution in [3.8, 4) is 5.88 Å². The molecule has 1 aromatic carbocycles. The summed E-state index contributed by atoms with van der Waals surface area (Å²) >= 11 is 0. The lowest BCUT2D eigenvalue weighted by molar-refractivity contribution is 0.114. The topological polar surface area (TPSA) is 112 Å². The number of nitrogens with two attached hydrogens (primary N) is 1. The van der Waals surface area contributed by atoms with E-state index in [1.54, 1.807) is 0 Å². The van der Waals surface area contributed by atoms with Crippen molar-refractivity contribution in [2.24, 2.45) is 9.50 Å². The number of rotatable bonds is 3. The van der Waals surface area contributed by atoms with Gasteiger partial charge in [0.1, 0.15) is 4.90 Å². The van der Waals surface area contributed by atoms with Gasteiger partial charge in [-0.3, -0.25) is 0 Å². The first-order valence-electron chi connectivity index (χ1n) is 10.4. The van der Waals surface area contributed by atoms with E-state index in [0.29, 0.717) is 43.7 Å². The van der Waals surface area contributed by atoms with Gasteiger partial charge in [0, 0.05) is 24.6 Å². The highest BCUT2D eigenvalue weighted by Gasteiger charge is 2.36. The van der Waals surface area contributed by atoms with Crippen molar-refractivity contribution in [1.82, 2.24) is 9.78 Å². The number of alkyl halides is 2. The molecular formula is C20H23F2N5O3S. The fraction of sp³-hybridized carbons (Fsp3) is 0.500. The monoisotopic (exact) mass is 451 g/mol. The molecule has 3 N–H and O–H groups in total. The van der Waals surface area contributed by atoms with E-state index in [0.717, 1.165) is 36.0 Å². The molecule has 2 amide bonds. The number of nitrogens with zero attached hydrogens (tertiary/aromatic N) is 3. The Bertz CT molecular complexity index is 1190. The minimum Gasteiger partial charge on any atom is -0.477 e. The number of halogens is 2. The summed E-state index contributed by atoms with van der Waals surface area (Å²) in [6.45, 7) is 1.02. The molecule has 166 valence electrons. The van der Waals surface area contributed by atoms with Crippen LogP contribution in [0, 0.1) is 0 Å². The lowest BCUT2D eigenvalue weighted by Crippen LogP contribution is -2.21. The summed E-state index contributed by atoms with van der Waals surface area (Å²) in [4.78, 5) is 12.8. The number of carbonyl (C=O) groups is 1. The van der Waals surface area contributed by atoms with E-state index >= 15 is 0 Å². The van der Waals surface area contributed by atoms with Gasteiger partial charge in [-0.25, -0.2) is 27.6 Å². The van der Waals surface area contributed by atoms with Crippen molar-refractivity contribution in [3.05, 3.63) is 34.5 Å². The molecule has 1 aromatic heterocycles. The Morgan fingerprint density at radius 2 is 2.16 bits per heavy atom. The number of carbonyl (C=O) groups excluding carboxylic acids is 1. The van der Waals surface area contributed by atoms with Crippen LogP contribution in [0.25, 0.3) is 0 Å². The SMILES string of the molecule is N[S@](=O)(=NC(=O)Nc1c2c(cc3c1[C@@H](C(F)F)CC3)CCC2)c1cnn2c1OCCC2. The molecule has 1 aliphatic heterocycles.